The van der Waals surface area contributed by atoms with E-state index in [-0.39, 0.29) is 53.5 Å². The number of hydrogen-bond acceptors (Lipinski definition) is 0. The van der Waals surface area contributed by atoms with Crippen molar-refractivity contribution < 1.29 is 30.4 Å². The summed E-state index contributed by atoms with van der Waals surface area (Å²) in [7, 11) is 0. The predicted molar refractivity (Wildman–Crippen MR) is 15.8 cm³/mol. The third-order valence-electron chi connectivity index (χ3n) is 0. The SMILES string of the molecule is O.O.[MgH2].[Zn]. The summed E-state index contributed by atoms with van der Waals surface area (Å²) in [5, 5.41) is 0. The van der Waals surface area contributed by atoms with Crippen molar-refractivity contribution in [2.45, 2.75) is 0 Å². The van der Waals surface area contributed by atoms with E-state index in [4.69, 9.17) is 0 Å². The van der Waals surface area contributed by atoms with Crippen molar-refractivity contribution in [2.75, 3.05) is 0 Å². The van der Waals surface area contributed by atoms with Crippen LogP contribution >= 0.6 is 0 Å². The van der Waals surface area contributed by atoms with E-state index in [9.17, 15) is 0 Å². The second-order valence-electron chi connectivity index (χ2n) is 0. The maximum Gasteiger partial charge on any atom is 0.316 e. The van der Waals surface area contributed by atoms with Gasteiger partial charge in [0.25, 0.3) is 0 Å². The van der Waals surface area contributed by atoms with Crippen LogP contribution < -0.4 is 0 Å². The molecule has 0 aromatic heterocycles. The van der Waals surface area contributed by atoms with E-state index < -0.39 is 0 Å². The molecule has 0 radical (unpaired) electrons. The first-order valence-corrected chi connectivity index (χ1v) is 0. The Bertz CT molecular complexity index is 6.00. The molecule has 0 aliphatic heterocycles. The second-order valence-corrected chi connectivity index (χ2v) is 0. The molecule has 0 rings (SSSR count). The molecule has 4 heteroatoms. The third-order valence-corrected chi connectivity index (χ3v) is 0. The van der Waals surface area contributed by atoms with E-state index in [0.29, 0.717) is 0 Å². The summed E-state index contributed by atoms with van der Waals surface area (Å²) in [4.78, 5) is 0. The molecule has 4 N–H and O–H groups in total. The Morgan fingerprint density at radius 3 is 0.750 bits per heavy atom. The van der Waals surface area contributed by atoms with Crippen molar-refractivity contribution in [2.24, 2.45) is 0 Å². The first-order chi connectivity index (χ1) is 0. The van der Waals surface area contributed by atoms with Crippen molar-refractivity contribution >= 4 is 23.1 Å². The average molecular weight is 128 g/mol. The van der Waals surface area contributed by atoms with Gasteiger partial charge in [0.15, 0.2) is 0 Å². The van der Waals surface area contributed by atoms with Gasteiger partial charge in [-0.2, -0.15) is 0 Å². The van der Waals surface area contributed by atoms with Gasteiger partial charge in [0.1, 0.15) is 0 Å². The van der Waals surface area contributed by atoms with Gasteiger partial charge in [-0.15, -0.1) is 0 Å². The largest absolute Gasteiger partial charge is 0.412 e. The molecule has 0 aliphatic carbocycles. The molecule has 0 heterocycles. The average Bonchev–Trinajstić information content (AvgIpc) is 0. The monoisotopic (exact) mass is 126 g/mol. The van der Waals surface area contributed by atoms with Crippen LogP contribution in [0, 0.1) is 0 Å². The first-order valence-electron chi connectivity index (χ1n) is 0. The van der Waals surface area contributed by atoms with Crippen LogP contribution in [0.25, 0.3) is 0 Å². The van der Waals surface area contributed by atoms with Crippen molar-refractivity contribution in [3.05, 3.63) is 0 Å². The van der Waals surface area contributed by atoms with Gasteiger partial charge >= 0.3 is 23.1 Å². The fraction of sp³-hybridized carbons (Fsp3) is 0. The molecule has 0 bridgehead atoms. The van der Waals surface area contributed by atoms with E-state index >= 15 is 0 Å². The van der Waals surface area contributed by atoms with Crippen LogP contribution in [0.3, 0.4) is 0 Å². The second kappa shape index (κ2) is 27.5. The third kappa shape index (κ3) is 10.3. The van der Waals surface area contributed by atoms with Gasteiger partial charge in [0.05, 0.1) is 0 Å². The summed E-state index contributed by atoms with van der Waals surface area (Å²) in [6, 6.07) is 0. The molecule has 0 fully saturated rings. The van der Waals surface area contributed by atoms with Crippen LogP contribution in [-0.4, -0.2) is 34.0 Å². The van der Waals surface area contributed by atoms with E-state index in [1.54, 1.807) is 0 Å². The predicted octanol–water partition coefficient (Wildman–Crippen LogP) is -2.57. The molecule has 0 atom stereocenters. The quantitative estimate of drug-likeness (QED) is 0.322. The number of rotatable bonds is 0. The Morgan fingerprint density at radius 2 is 0.750 bits per heavy atom. The molecule has 0 aromatic carbocycles. The van der Waals surface area contributed by atoms with Gasteiger partial charge in [-0.1, -0.05) is 0 Å². The maximum absolute atomic E-state index is 0. The minimum absolute atomic E-state index is 0. The van der Waals surface area contributed by atoms with E-state index in [1.165, 1.54) is 0 Å². The fourth-order valence-electron chi connectivity index (χ4n) is 0. The van der Waals surface area contributed by atoms with Gasteiger partial charge < -0.3 is 11.0 Å². The van der Waals surface area contributed by atoms with Crippen LogP contribution in [0.1, 0.15) is 0 Å². The molecule has 0 saturated heterocycles. The Morgan fingerprint density at radius 1 is 0.750 bits per heavy atom. The summed E-state index contributed by atoms with van der Waals surface area (Å²) in [6.07, 6.45) is 0. The molecule has 0 unspecified atom stereocenters. The molecular weight excluding hydrogens is 122 g/mol. The minimum Gasteiger partial charge on any atom is -0.412 e. The van der Waals surface area contributed by atoms with Crippen LogP contribution in [0.15, 0.2) is 0 Å². The summed E-state index contributed by atoms with van der Waals surface area (Å²) >= 11 is 0. The summed E-state index contributed by atoms with van der Waals surface area (Å²) in [5.41, 5.74) is 0. The molecule has 0 saturated carbocycles. The molecular formula is H6MgO2Zn. The van der Waals surface area contributed by atoms with Gasteiger partial charge in [-0.3, -0.25) is 0 Å². The van der Waals surface area contributed by atoms with Crippen LogP contribution in [0.5, 0.6) is 0 Å². The van der Waals surface area contributed by atoms with Crippen molar-refractivity contribution in [1.29, 1.82) is 0 Å². The Kier molecular flexibility index (Phi) is 396. The standard InChI is InChI=1S/Mg.2H2O.Zn.2H/h;2*1H2;;;. The minimum atomic E-state index is 0. The van der Waals surface area contributed by atoms with Gasteiger partial charge in [0.2, 0.25) is 0 Å². The Balaban J connectivity index is 0. The summed E-state index contributed by atoms with van der Waals surface area (Å²) < 4.78 is 0. The Hall–Kier alpha value is 1.31. The topological polar surface area (TPSA) is 63.0 Å². The van der Waals surface area contributed by atoms with Gasteiger partial charge in [-0.05, 0) is 0 Å². The number of hydrogen-bond donors (Lipinski definition) is 0. The summed E-state index contributed by atoms with van der Waals surface area (Å²) in [6.45, 7) is 0. The molecule has 0 aliphatic rings. The molecule has 0 amide bonds. The normalized spacial score (nSPS) is 0. The maximum atomic E-state index is 0. The molecule has 22 valence electrons. The fourth-order valence-corrected chi connectivity index (χ4v) is 0. The van der Waals surface area contributed by atoms with E-state index in [0.717, 1.165) is 0 Å². The van der Waals surface area contributed by atoms with Gasteiger partial charge in [-0.25, -0.2) is 0 Å². The van der Waals surface area contributed by atoms with E-state index in [1.807, 2.05) is 0 Å². The first kappa shape index (κ1) is 57.5. The van der Waals surface area contributed by atoms with Crippen molar-refractivity contribution in [3.63, 3.8) is 0 Å². The zero-order valence-corrected chi connectivity index (χ0v) is 4.67. The zero-order valence-electron chi connectivity index (χ0n) is 1.71. The zero-order chi connectivity index (χ0) is 0. The molecule has 0 spiro atoms. The molecule has 0 aromatic rings. The van der Waals surface area contributed by atoms with Crippen LogP contribution in [-0.2, 0) is 19.5 Å². The smallest absolute Gasteiger partial charge is 0.316 e. The van der Waals surface area contributed by atoms with Crippen LogP contribution in [0.2, 0.25) is 0 Å². The van der Waals surface area contributed by atoms with Crippen molar-refractivity contribution in [3.8, 4) is 0 Å². The molecule has 2 nitrogen and oxygen atoms in total. The van der Waals surface area contributed by atoms with Crippen molar-refractivity contribution in [1.82, 2.24) is 0 Å². The Labute approximate surface area is 53.5 Å². The summed E-state index contributed by atoms with van der Waals surface area (Å²) in [5.74, 6) is 0. The van der Waals surface area contributed by atoms with Gasteiger partial charge in [0, 0.05) is 19.5 Å². The molecule has 4 heavy (non-hydrogen) atoms. The van der Waals surface area contributed by atoms with Crippen LogP contribution in [0.4, 0.5) is 0 Å². The van der Waals surface area contributed by atoms with E-state index in [2.05, 4.69) is 0 Å².